The molecule has 0 unspecified atom stereocenters. The standard InChI is InChI=1S/C22H34O4S/c1-22(2,3)26-21(25)18-13-15-19(16-14-18)27-17-11-9-7-5-4-6-8-10-12-20(23)24/h13-16H,4-12,17H2,1-3H3,(H,23,24). The van der Waals surface area contributed by atoms with Crippen LogP contribution in [-0.4, -0.2) is 28.4 Å². The molecule has 1 aromatic rings. The number of thioether (sulfide) groups is 1. The van der Waals surface area contributed by atoms with Gasteiger partial charge in [-0.1, -0.05) is 38.5 Å². The molecule has 1 N–H and O–H groups in total. The van der Waals surface area contributed by atoms with Gasteiger partial charge < -0.3 is 9.84 Å². The van der Waals surface area contributed by atoms with Crippen molar-refractivity contribution < 1.29 is 19.4 Å². The predicted octanol–water partition coefficient (Wildman–Crippen LogP) is 6.33. The second-order valence-electron chi connectivity index (χ2n) is 7.85. The number of carbonyl (C=O) groups excluding carboxylic acids is 1. The normalized spacial score (nSPS) is 11.4. The second kappa shape index (κ2) is 12.8. The molecule has 0 radical (unpaired) electrons. The minimum atomic E-state index is -0.688. The molecule has 0 aliphatic heterocycles. The van der Waals surface area contributed by atoms with Gasteiger partial charge in [0.1, 0.15) is 5.60 Å². The van der Waals surface area contributed by atoms with Crippen molar-refractivity contribution >= 4 is 23.7 Å². The van der Waals surface area contributed by atoms with Crippen LogP contribution in [0.3, 0.4) is 0 Å². The first-order valence-electron chi connectivity index (χ1n) is 9.96. The molecule has 27 heavy (non-hydrogen) atoms. The van der Waals surface area contributed by atoms with Crippen molar-refractivity contribution in [1.82, 2.24) is 0 Å². The Morgan fingerprint density at radius 2 is 1.41 bits per heavy atom. The van der Waals surface area contributed by atoms with E-state index in [0.29, 0.717) is 12.0 Å². The number of carbonyl (C=O) groups is 2. The van der Waals surface area contributed by atoms with Gasteiger partial charge in [0, 0.05) is 11.3 Å². The minimum absolute atomic E-state index is 0.276. The van der Waals surface area contributed by atoms with E-state index in [2.05, 4.69) is 0 Å². The number of aliphatic carboxylic acids is 1. The van der Waals surface area contributed by atoms with Crippen molar-refractivity contribution in [2.24, 2.45) is 0 Å². The van der Waals surface area contributed by atoms with Crippen LogP contribution in [0.15, 0.2) is 29.2 Å². The number of ether oxygens (including phenoxy) is 1. The molecule has 0 spiro atoms. The Kier molecular flexibility index (Phi) is 11.2. The Hall–Kier alpha value is -1.49. The molecule has 0 aliphatic rings. The van der Waals surface area contributed by atoms with Gasteiger partial charge >= 0.3 is 11.9 Å². The van der Waals surface area contributed by atoms with Crippen molar-refractivity contribution in [1.29, 1.82) is 0 Å². The fourth-order valence-electron chi connectivity index (χ4n) is 2.65. The average Bonchev–Trinajstić information content (AvgIpc) is 2.58. The molecule has 0 saturated heterocycles. The maximum absolute atomic E-state index is 12.0. The van der Waals surface area contributed by atoms with E-state index in [-0.39, 0.29) is 5.97 Å². The third-order valence-electron chi connectivity index (χ3n) is 4.04. The molecular formula is C22H34O4S. The van der Waals surface area contributed by atoms with Crippen LogP contribution in [0, 0.1) is 0 Å². The SMILES string of the molecule is CC(C)(C)OC(=O)c1ccc(SCCCCCCCCCCC(=O)O)cc1. The number of carboxylic acids is 1. The van der Waals surface area contributed by atoms with E-state index in [1.165, 1.54) is 37.0 Å². The molecule has 0 bridgehead atoms. The first-order chi connectivity index (χ1) is 12.8. The monoisotopic (exact) mass is 394 g/mol. The minimum Gasteiger partial charge on any atom is -0.481 e. The van der Waals surface area contributed by atoms with Gasteiger partial charge in [0.15, 0.2) is 0 Å². The van der Waals surface area contributed by atoms with Crippen LogP contribution >= 0.6 is 11.8 Å². The first kappa shape index (κ1) is 23.5. The van der Waals surface area contributed by atoms with Crippen LogP contribution in [0.25, 0.3) is 0 Å². The van der Waals surface area contributed by atoms with E-state index in [9.17, 15) is 9.59 Å². The summed E-state index contributed by atoms with van der Waals surface area (Å²) in [5.74, 6) is 0.124. The second-order valence-corrected chi connectivity index (χ2v) is 9.02. The van der Waals surface area contributed by atoms with E-state index in [1.54, 1.807) is 0 Å². The molecule has 0 amide bonds. The first-order valence-corrected chi connectivity index (χ1v) is 10.9. The van der Waals surface area contributed by atoms with Crippen molar-refractivity contribution in [3.63, 3.8) is 0 Å². The summed E-state index contributed by atoms with van der Waals surface area (Å²) in [5, 5.41) is 8.57. The zero-order valence-electron chi connectivity index (χ0n) is 17.0. The molecule has 152 valence electrons. The third kappa shape index (κ3) is 12.5. The number of hydrogen-bond donors (Lipinski definition) is 1. The Bertz CT molecular complexity index is 561. The van der Waals surface area contributed by atoms with Crippen molar-refractivity contribution in [3.8, 4) is 0 Å². The quantitative estimate of drug-likeness (QED) is 0.241. The smallest absolute Gasteiger partial charge is 0.338 e. The van der Waals surface area contributed by atoms with Crippen LogP contribution in [0.4, 0.5) is 0 Å². The van der Waals surface area contributed by atoms with E-state index in [4.69, 9.17) is 9.84 Å². The highest BCUT2D eigenvalue weighted by atomic mass is 32.2. The van der Waals surface area contributed by atoms with Crippen LogP contribution in [0.5, 0.6) is 0 Å². The number of carboxylic acid groups (broad SMARTS) is 1. The van der Waals surface area contributed by atoms with Crippen LogP contribution in [-0.2, 0) is 9.53 Å². The summed E-state index contributed by atoms with van der Waals surface area (Å²) in [6, 6.07) is 7.64. The number of unbranched alkanes of at least 4 members (excludes halogenated alkanes) is 7. The number of rotatable bonds is 13. The van der Waals surface area contributed by atoms with Crippen molar-refractivity contribution in [2.75, 3.05) is 5.75 Å². The molecule has 0 saturated carbocycles. The topological polar surface area (TPSA) is 63.6 Å². The van der Waals surface area contributed by atoms with Gasteiger partial charge in [-0.15, -0.1) is 11.8 Å². The summed E-state index contributed by atoms with van der Waals surface area (Å²) in [4.78, 5) is 23.6. The molecule has 0 aliphatic carbocycles. The van der Waals surface area contributed by atoms with Crippen LogP contribution < -0.4 is 0 Å². The maximum Gasteiger partial charge on any atom is 0.338 e. The van der Waals surface area contributed by atoms with Crippen LogP contribution in [0.2, 0.25) is 0 Å². The molecule has 0 atom stereocenters. The van der Waals surface area contributed by atoms with Gasteiger partial charge in [0.05, 0.1) is 5.56 Å². The Morgan fingerprint density at radius 1 is 0.889 bits per heavy atom. The molecule has 0 aromatic heterocycles. The summed E-state index contributed by atoms with van der Waals surface area (Å²) in [5.41, 5.74) is 0.126. The lowest BCUT2D eigenvalue weighted by Crippen LogP contribution is -2.23. The molecule has 1 aromatic carbocycles. The molecule has 5 heteroatoms. The van der Waals surface area contributed by atoms with E-state index < -0.39 is 11.6 Å². The van der Waals surface area contributed by atoms with Gasteiger partial charge in [-0.3, -0.25) is 4.79 Å². The fraction of sp³-hybridized carbons (Fsp3) is 0.636. The number of benzene rings is 1. The summed E-state index contributed by atoms with van der Waals surface area (Å²) in [6.07, 6.45) is 9.40. The third-order valence-corrected chi connectivity index (χ3v) is 5.14. The van der Waals surface area contributed by atoms with Crippen molar-refractivity contribution in [2.45, 2.75) is 89.1 Å². The highest BCUT2D eigenvalue weighted by Gasteiger charge is 2.17. The predicted molar refractivity (Wildman–Crippen MR) is 112 cm³/mol. The Morgan fingerprint density at radius 3 is 1.93 bits per heavy atom. The van der Waals surface area contributed by atoms with Gasteiger partial charge in [0.2, 0.25) is 0 Å². The van der Waals surface area contributed by atoms with Gasteiger partial charge in [0.25, 0.3) is 0 Å². The zero-order chi connectivity index (χ0) is 20.1. The largest absolute Gasteiger partial charge is 0.481 e. The molecule has 0 fully saturated rings. The number of hydrogen-bond acceptors (Lipinski definition) is 4. The summed E-state index contributed by atoms with van der Waals surface area (Å²) in [6.45, 7) is 5.61. The van der Waals surface area contributed by atoms with E-state index in [0.717, 1.165) is 25.0 Å². The molecule has 0 heterocycles. The van der Waals surface area contributed by atoms with E-state index >= 15 is 0 Å². The van der Waals surface area contributed by atoms with Gasteiger partial charge in [-0.25, -0.2) is 4.79 Å². The maximum atomic E-state index is 12.0. The zero-order valence-corrected chi connectivity index (χ0v) is 17.8. The lowest BCUT2D eigenvalue weighted by molar-refractivity contribution is -0.137. The summed E-state index contributed by atoms with van der Waals surface area (Å²) in [7, 11) is 0. The molecule has 1 rings (SSSR count). The molecule has 4 nitrogen and oxygen atoms in total. The highest BCUT2D eigenvalue weighted by Crippen LogP contribution is 2.21. The number of esters is 1. The average molecular weight is 395 g/mol. The Labute approximate surface area is 168 Å². The van der Waals surface area contributed by atoms with Gasteiger partial charge in [-0.05, 0) is 63.6 Å². The van der Waals surface area contributed by atoms with Gasteiger partial charge in [-0.2, -0.15) is 0 Å². The lowest BCUT2D eigenvalue weighted by atomic mass is 10.1. The summed E-state index contributed by atoms with van der Waals surface area (Å²) < 4.78 is 5.37. The van der Waals surface area contributed by atoms with Crippen molar-refractivity contribution in [3.05, 3.63) is 29.8 Å². The Balaban J connectivity index is 2.07. The van der Waals surface area contributed by atoms with E-state index in [1.807, 2.05) is 56.8 Å². The fourth-order valence-corrected chi connectivity index (χ4v) is 3.57. The van der Waals surface area contributed by atoms with Crippen LogP contribution in [0.1, 0.15) is 88.9 Å². The summed E-state index contributed by atoms with van der Waals surface area (Å²) >= 11 is 1.82. The lowest BCUT2D eigenvalue weighted by Gasteiger charge is -2.19. The highest BCUT2D eigenvalue weighted by molar-refractivity contribution is 7.99. The molecular weight excluding hydrogens is 360 g/mol.